The van der Waals surface area contributed by atoms with Gasteiger partial charge in [-0.25, -0.2) is 9.78 Å². The summed E-state index contributed by atoms with van der Waals surface area (Å²) >= 11 is 1.62. The molecule has 1 unspecified atom stereocenters. The number of carboxylic acid groups (broad SMARTS) is 1. The van der Waals surface area contributed by atoms with Gasteiger partial charge in [0.15, 0.2) is 0 Å². The van der Waals surface area contributed by atoms with E-state index in [1.165, 1.54) is 21.8 Å². The Morgan fingerprint density at radius 3 is 3.08 bits per heavy atom. The van der Waals surface area contributed by atoms with Gasteiger partial charge in [-0.3, -0.25) is 9.36 Å². The molecule has 1 atom stereocenters. The van der Waals surface area contributed by atoms with E-state index in [1.54, 1.807) is 17.4 Å². The highest BCUT2D eigenvalue weighted by molar-refractivity contribution is 7.18. The molecule has 1 aliphatic carbocycles. The molecule has 0 bridgehead atoms. The van der Waals surface area contributed by atoms with Crippen molar-refractivity contribution in [2.45, 2.75) is 32.7 Å². The summed E-state index contributed by atoms with van der Waals surface area (Å²) in [5.41, 5.74) is 1.06. The molecule has 0 saturated carbocycles. The fraction of sp³-hybridized carbons (Fsp3) is 0.353. The Kier molecular flexibility index (Phi) is 3.53. The van der Waals surface area contributed by atoms with Crippen molar-refractivity contribution in [3.63, 3.8) is 0 Å². The molecule has 1 N–H and O–H groups in total. The minimum Gasteiger partial charge on any atom is -0.475 e. The molecule has 0 aliphatic heterocycles. The van der Waals surface area contributed by atoms with Crippen LogP contribution in [0.2, 0.25) is 0 Å². The number of hydrogen-bond acceptors (Lipinski definition) is 5. The Balaban J connectivity index is 1.75. The van der Waals surface area contributed by atoms with Crippen molar-refractivity contribution in [2.24, 2.45) is 5.92 Å². The highest BCUT2D eigenvalue weighted by Gasteiger charge is 2.23. The van der Waals surface area contributed by atoms with Crippen LogP contribution in [-0.4, -0.2) is 20.6 Å². The van der Waals surface area contributed by atoms with Gasteiger partial charge in [-0.05, 0) is 42.9 Å². The average molecular weight is 344 g/mol. The van der Waals surface area contributed by atoms with Crippen LogP contribution < -0.4 is 5.56 Å². The van der Waals surface area contributed by atoms with Gasteiger partial charge in [-0.15, -0.1) is 11.3 Å². The number of fused-ring (bicyclic) bond motifs is 3. The van der Waals surface area contributed by atoms with Crippen molar-refractivity contribution in [3.8, 4) is 0 Å². The lowest BCUT2D eigenvalue weighted by molar-refractivity contribution is 0.0660. The van der Waals surface area contributed by atoms with E-state index in [4.69, 9.17) is 9.52 Å². The second kappa shape index (κ2) is 5.59. The standard InChI is InChI=1S/C17H16N2O4S/c1-9-2-4-11-13(6-9)24-15-14(11)16(20)19(8-18-15)7-10-3-5-12(23-10)17(21)22/h3,5,8-9H,2,4,6-7H2,1H3,(H,21,22). The van der Waals surface area contributed by atoms with Crippen LogP contribution in [0.5, 0.6) is 0 Å². The first-order valence-electron chi connectivity index (χ1n) is 7.84. The molecule has 3 aromatic rings. The minimum absolute atomic E-state index is 0.0830. The van der Waals surface area contributed by atoms with Gasteiger partial charge in [0, 0.05) is 4.88 Å². The smallest absolute Gasteiger partial charge is 0.371 e. The maximum atomic E-state index is 12.9. The Hall–Kier alpha value is -2.41. The SMILES string of the molecule is CC1CCc2c(sc3ncn(Cc4ccc(C(=O)O)o4)c(=O)c23)C1. The van der Waals surface area contributed by atoms with Gasteiger partial charge < -0.3 is 9.52 Å². The van der Waals surface area contributed by atoms with Crippen molar-refractivity contribution < 1.29 is 14.3 Å². The molecule has 0 amide bonds. The van der Waals surface area contributed by atoms with Crippen molar-refractivity contribution in [1.82, 2.24) is 9.55 Å². The third-order valence-electron chi connectivity index (χ3n) is 4.48. The summed E-state index contributed by atoms with van der Waals surface area (Å²) in [6.07, 6.45) is 4.53. The van der Waals surface area contributed by atoms with Crippen LogP contribution in [0.25, 0.3) is 10.2 Å². The number of carboxylic acids is 1. The summed E-state index contributed by atoms with van der Waals surface area (Å²) in [4.78, 5) is 30.2. The summed E-state index contributed by atoms with van der Waals surface area (Å²) < 4.78 is 6.72. The fourth-order valence-corrected chi connectivity index (χ4v) is 4.57. The molecule has 6 nitrogen and oxygen atoms in total. The van der Waals surface area contributed by atoms with Gasteiger partial charge >= 0.3 is 5.97 Å². The minimum atomic E-state index is -1.12. The number of thiophene rings is 1. The first-order valence-corrected chi connectivity index (χ1v) is 8.66. The largest absolute Gasteiger partial charge is 0.475 e. The molecule has 0 fully saturated rings. The molecule has 0 aromatic carbocycles. The van der Waals surface area contributed by atoms with Crippen molar-refractivity contribution >= 4 is 27.5 Å². The van der Waals surface area contributed by atoms with Crippen molar-refractivity contribution in [1.29, 1.82) is 0 Å². The molecule has 1 aliphatic rings. The van der Waals surface area contributed by atoms with E-state index < -0.39 is 5.97 Å². The van der Waals surface area contributed by atoms with Crippen LogP contribution in [0, 0.1) is 5.92 Å². The van der Waals surface area contributed by atoms with Gasteiger partial charge in [-0.2, -0.15) is 0 Å². The molecule has 0 spiro atoms. The zero-order chi connectivity index (χ0) is 16.8. The summed E-state index contributed by atoms with van der Waals surface area (Å²) in [6.45, 7) is 2.41. The molecule has 24 heavy (non-hydrogen) atoms. The fourth-order valence-electron chi connectivity index (χ4n) is 3.22. The molecular formula is C17H16N2O4S. The zero-order valence-corrected chi connectivity index (χ0v) is 13.9. The first-order chi connectivity index (χ1) is 11.5. The number of carbonyl (C=O) groups is 1. The molecular weight excluding hydrogens is 328 g/mol. The van der Waals surface area contributed by atoms with E-state index in [-0.39, 0.29) is 17.9 Å². The maximum absolute atomic E-state index is 12.9. The normalized spacial score (nSPS) is 17.1. The van der Waals surface area contributed by atoms with Gasteiger partial charge in [0.05, 0.1) is 18.3 Å². The number of aromatic carboxylic acids is 1. The number of rotatable bonds is 3. The highest BCUT2D eigenvalue weighted by atomic mass is 32.1. The number of aryl methyl sites for hydroxylation is 1. The third kappa shape index (κ3) is 2.45. The second-order valence-electron chi connectivity index (χ2n) is 6.28. The second-order valence-corrected chi connectivity index (χ2v) is 7.36. The molecule has 0 saturated heterocycles. The van der Waals surface area contributed by atoms with Crippen LogP contribution in [0.1, 0.15) is 40.1 Å². The number of hydrogen-bond donors (Lipinski definition) is 1. The van der Waals surface area contributed by atoms with Crippen LogP contribution >= 0.6 is 11.3 Å². The van der Waals surface area contributed by atoms with Crippen molar-refractivity contribution in [3.05, 3.63) is 50.8 Å². The number of aromatic nitrogens is 2. The van der Waals surface area contributed by atoms with Crippen LogP contribution in [-0.2, 0) is 19.4 Å². The third-order valence-corrected chi connectivity index (χ3v) is 5.64. The highest BCUT2D eigenvalue weighted by Crippen LogP contribution is 2.35. The maximum Gasteiger partial charge on any atom is 0.371 e. The molecule has 0 radical (unpaired) electrons. The molecule has 3 aromatic heterocycles. The molecule has 124 valence electrons. The summed E-state index contributed by atoms with van der Waals surface area (Å²) in [5, 5.41) is 9.63. The predicted octanol–water partition coefficient (Wildman–Crippen LogP) is 2.92. The van der Waals surface area contributed by atoms with Crippen LogP contribution in [0.3, 0.4) is 0 Å². The number of furan rings is 1. The van der Waals surface area contributed by atoms with E-state index >= 15 is 0 Å². The molecule has 4 rings (SSSR count). The summed E-state index contributed by atoms with van der Waals surface area (Å²) in [5.74, 6) is -0.184. The van der Waals surface area contributed by atoms with E-state index in [1.807, 2.05) is 0 Å². The Morgan fingerprint density at radius 1 is 1.50 bits per heavy atom. The lowest BCUT2D eigenvalue weighted by atomic mass is 9.89. The van der Waals surface area contributed by atoms with Crippen LogP contribution in [0.15, 0.2) is 27.7 Å². The van der Waals surface area contributed by atoms with Gasteiger partial charge in [0.1, 0.15) is 10.6 Å². The Bertz CT molecular complexity index is 998. The van der Waals surface area contributed by atoms with Gasteiger partial charge in [0.2, 0.25) is 5.76 Å². The molecule has 3 heterocycles. The van der Waals surface area contributed by atoms with Crippen molar-refractivity contribution in [2.75, 3.05) is 0 Å². The van der Waals surface area contributed by atoms with E-state index in [2.05, 4.69) is 11.9 Å². The lowest BCUT2D eigenvalue weighted by Gasteiger charge is -2.17. The zero-order valence-electron chi connectivity index (χ0n) is 13.1. The topological polar surface area (TPSA) is 85.3 Å². The van der Waals surface area contributed by atoms with E-state index in [0.717, 1.165) is 35.0 Å². The van der Waals surface area contributed by atoms with Crippen LogP contribution in [0.4, 0.5) is 0 Å². The first kappa shape index (κ1) is 15.1. The van der Waals surface area contributed by atoms with E-state index in [9.17, 15) is 9.59 Å². The quantitative estimate of drug-likeness (QED) is 0.789. The predicted molar refractivity (Wildman–Crippen MR) is 89.8 cm³/mol. The number of nitrogens with zero attached hydrogens (tertiary/aromatic N) is 2. The summed E-state index contributed by atoms with van der Waals surface area (Å²) in [7, 11) is 0. The monoisotopic (exact) mass is 344 g/mol. The Morgan fingerprint density at radius 2 is 2.33 bits per heavy atom. The lowest BCUT2D eigenvalue weighted by Crippen LogP contribution is -2.22. The Labute approximate surface area is 141 Å². The average Bonchev–Trinajstić information content (AvgIpc) is 3.14. The van der Waals surface area contributed by atoms with Gasteiger partial charge in [-0.1, -0.05) is 6.92 Å². The summed E-state index contributed by atoms with van der Waals surface area (Å²) in [6, 6.07) is 2.97. The van der Waals surface area contributed by atoms with E-state index in [0.29, 0.717) is 11.7 Å². The molecule has 7 heteroatoms. The van der Waals surface area contributed by atoms with Gasteiger partial charge in [0.25, 0.3) is 5.56 Å².